The molecular weight excluding hydrogens is 370 g/mol. The van der Waals surface area contributed by atoms with Gasteiger partial charge in [0.05, 0.1) is 0 Å². The molecule has 3 rings (SSSR count). The Morgan fingerprint density at radius 2 is 1.93 bits per heavy atom. The smallest absolute Gasteiger partial charge is 0.191 e. The molecule has 0 fully saturated rings. The molecule has 0 radical (unpaired) electrons. The second kappa shape index (κ2) is 11.2. The number of aliphatic imine (C=N–C) groups is 1. The summed E-state index contributed by atoms with van der Waals surface area (Å²) in [7, 11) is 0. The Labute approximate surface area is 180 Å². The van der Waals surface area contributed by atoms with E-state index in [0.29, 0.717) is 5.92 Å². The standard InChI is InChI=1S/C25H33N5/c1-4-26-25(29-18-21(3)23-12-8-9-20(2)17-23)28-14-13-24-27-15-16-30(24)19-22-10-6-5-7-11-22/h5-12,15-17,21H,4,13-14,18-19H2,1-3H3,(H2,26,28,29). The van der Waals surface area contributed by atoms with Gasteiger partial charge in [-0.3, -0.25) is 4.99 Å². The molecule has 30 heavy (non-hydrogen) atoms. The van der Waals surface area contributed by atoms with Gasteiger partial charge in [-0.1, -0.05) is 67.1 Å². The minimum absolute atomic E-state index is 0.380. The highest BCUT2D eigenvalue weighted by molar-refractivity contribution is 5.79. The molecule has 0 aliphatic heterocycles. The number of imidazole rings is 1. The zero-order valence-electron chi connectivity index (χ0n) is 18.3. The molecule has 5 heteroatoms. The zero-order chi connectivity index (χ0) is 21.2. The molecule has 5 nitrogen and oxygen atoms in total. The maximum Gasteiger partial charge on any atom is 0.191 e. The first kappa shape index (κ1) is 21.6. The van der Waals surface area contributed by atoms with E-state index in [-0.39, 0.29) is 0 Å². The second-order valence-electron chi connectivity index (χ2n) is 7.67. The summed E-state index contributed by atoms with van der Waals surface area (Å²) in [4.78, 5) is 9.34. The monoisotopic (exact) mass is 403 g/mol. The summed E-state index contributed by atoms with van der Waals surface area (Å²) in [6.07, 6.45) is 4.77. The molecule has 2 N–H and O–H groups in total. The molecule has 1 atom stereocenters. The van der Waals surface area contributed by atoms with E-state index < -0.39 is 0 Å². The Morgan fingerprint density at radius 3 is 2.70 bits per heavy atom. The molecule has 0 aliphatic carbocycles. The molecule has 0 saturated heterocycles. The SMILES string of the molecule is CCNC(=NCC(C)c1cccc(C)c1)NCCc1nccn1Cc1ccccc1. The van der Waals surface area contributed by atoms with E-state index in [2.05, 4.69) is 89.5 Å². The fraction of sp³-hybridized carbons (Fsp3) is 0.360. The molecule has 0 bridgehead atoms. The van der Waals surface area contributed by atoms with Gasteiger partial charge in [-0.2, -0.15) is 0 Å². The molecule has 3 aromatic rings. The lowest BCUT2D eigenvalue weighted by molar-refractivity contribution is 0.691. The van der Waals surface area contributed by atoms with Crippen molar-refractivity contribution in [2.75, 3.05) is 19.6 Å². The van der Waals surface area contributed by atoms with Crippen LogP contribution in [-0.4, -0.2) is 35.1 Å². The third-order valence-electron chi connectivity index (χ3n) is 5.12. The van der Waals surface area contributed by atoms with Gasteiger partial charge >= 0.3 is 0 Å². The molecule has 1 aromatic heterocycles. The second-order valence-corrected chi connectivity index (χ2v) is 7.67. The van der Waals surface area contributed by atoms with E-state index in [0.717, 1.165) is 44.4 Å². The van der Waals surface area contributed by atoms with Crippen LogP contribution in [0.5, 0.6) is 0 Å². The first-order valence-electron chi connectivity index (χ1n) is 10.8. The highest BCUT2D eigenvalue weighted by atomic mass is 15.2. The number of nitrogens with zero attached hydrogens (tertiary/aromatic N) is 3. The summed E-state index contributed by atoms with van der Waals surface area (Å²) >= 11 is 0. The van der Waals surface area contributed by atoms with Crippen molar-refractivity contribution < 1.29 is 0 Å². The predicted octanol–water partition coefficient (Wildman–Crippen LogP) is 4.14. The number of aryl methyl sites for hydroxylation is 1. The van der Waals surface area contributed by atoms with Crippen LogP contribution >= 0.6 is 0 Å². The van der Waals surface area contributed by atoms with Crippen LogP contribution in [0, 0.1) is 6.92 Å². The summed E-state index contributed by atoms with van der Waals surface area (Å²) in [5, 5.41) is 6.80. The Bertz CT molecular complexity index is 929. The summed E-state index contributed by atoms with van der Waals surface area (Å²) in [5.41, 5.74) is 3.90. The van der Waals surface area contributed by atoms with E-state index in [1.807, 2.05) is 18.5 Å². The number of nitrogens with one attached hydrogen (secondary N) is 2. The van der Waals surface area contributed by atoms with Gasteiger partial charge in [-0.05, 0) is 25.0 Å². The molecule has 0 saturated carbocycles. The average Bonchev–Trinajstić information content (AvgIpc) is 3.19. The van der Waals surface area contributed by atoms with Crippen LogP contribution in [0.25, 0.3) is 0 Å². The Hall–Kier alpha value is -3.08. The van der Waals surface area contributed by atoms with Gasteiger partial charge in [0.2, 0.25) is 0 Å². The van der Waals surface area contributed by atoms with Crippen molar-refractivity contribution in [3.05, 3.63) is 89.5 Å². The highest BCUT2D eigenvalue weighted by Crippen LogP contribution is 2.16. The maximum atomic E-state index is 4.80. The van der Waals surface area contributed by atoms with Gasteiger partial charge in [0.25, 0.3) is 0 Å². The van der Waals surface area contributed by atoms with Crippen molar-refractivity contribution in [3.8, 4) is 0 Å². The number of rotatable bonds is 9. The van der Waals surface area contributed by atoms with Gasteiger partial charge in [0.15, 0.2) is 5.96 Å². The van der Waals surface area contributed by atoms with E-state index in [1.165, 1.54) is 16.7 Å². The normalized spacial score (nSPS) is 12.6. The molecule has 1 heterocycles. The topological polar surface area (TPSA) is 54.2 Å². The van der Waals surface area contributed by atoms with E-state index in [1.54, 1.807) is 0 Å². The number of aromatic nitrogens is 2. The fourth-order valence-electron chi connectivity index (χ4n) is 3.44. The maximum absolute atomic E-state index is 4.80. The lowest BCUT2D eigenvalue weighted by atomic mass is 10.00. The lowest BCUT2D eigenvalue weighted by Gasteiger charge is -2.14. The van der Waals surface area contributed by atoms with Crippen molar-refractivity contribution in [2.24, 2.45) is 4.99 Å². The van der Waals surface area contributed by atoms with E-state index in [9.17, 15) is 0 Å². The van der Waals surface area contributed by atoms with E-state index in [4.69, 9.17) is 4.99 Å². The van der Waals surface area contributed by atoms with Crippen molar-refractivity contribution in [1.29, 1.82) is 0 Å². The van der Waals surface area contributed by atoms with E-state index >= 15 is 0 Å². The van der Waals surface area contributed by atoms with Crippen LogP contribution in [0.1, 0.15) is 42.3 Å². The number of guanidine groups is 1. The molecule has 0 amide bonds. The van der Waals surface area contributed by atoms with Gasteiger partial charge in [0.1, 0.15) is 5.82 Å². The van der Waals surface area contributed by atoms with Crippen LogP contribution in [0.2, 0.25) is 0 Å². The lowest BCUT2D eigenvalue weighted by Crippen LogP contribution is -2.38. The van der Waals surface area contributed by atoms with Crippen LogP contribution in [0.4, 0.5) is 0 Å². The van der Waals surface area contributed by atoms with Gasteiger partial charge < -0.3 is 15.2 Å². The van der Waals surface area contributed by atoms with Crippen molar-refractivity contribution in [1.82, 2.24) is 20.2 Å². The van der Waals surface area contributed by atoms with Crippen molar-refractivity contribution in [3.63, 3.8) is 0 Å². The number of benzene rings is 2. The van der Waals surface area contributed by atoms with Crippen molar-refractivity contribution >= 4 is 5.96 Å². The fourth-order valence-corrected chi connectivity index (χ4v) is 3.44. The minimum atomic E-state index is 0.380. The van der Waals surface area contributed by atoms with Gasteiger partial charge in [-0.15, -0.1) is 0 Å². The van der Waals surface area contributed by atoms with Crippen LogP contribution in [-0.2, 0) is 13.0 Å². The first-order valence-corrected chi connectivity index (χ1v) is 10.8. The quantitative estimate of drug-likeness (QED) is 0.417. The predicted molar refractivity (Wildman–Crippen MR) is 125 cm³/mol. The number of hydrogen-bond acceptors (Lipinski definition) is 2. The molecule has 0 aliphatic rings. The van der Waals surface area contributed by atoms with Crippen molar-refractivity contribution in [2.45, 2.75) is 39.7 Å². The summed E-state index contributed by atoms with van der Waals surface area (Å²) in [5.74, 6) is 2.32. The van der Waals surface area contributed by atoms with Gasteiger partial charge in [0, 0.05) is 50.9 Å². The van der Waals surface area contributed by atoms with Crippen LogP contribution in [0.3, 0.4) is 0 Å². The summed E-state index contributed by atoms with van der Waals surface area (Å²) < 4.78 is 2.21. The zero-order valence-corrected chi connectivity index (χ0v) is 18.3. The highest BCUT2D eigenvalue weighted by Gasteiger charge is 2.07. The molecule has 0 spiro atoms. The third-order valence-corrected chi connectivity index (χ3v) is 5.12. The average molecular weight is 404 g/mol. The van der Waals surface area contributed by atoms with Crippen LogP contribution in [0.15, 0.2) is 72.0 Å². The summed E-state index contributed by atoms with van der Waals surface area (Å²) in [6.45, 7) is 9.67. The summed E-state index contributed by atoms with van der Waals surface area (Å²) in [6, 6.07) is 19.2. The molecule has 1 unspecified atom stereocenters. The van der Waals surface area contributed by atoms with Crippen LogP contribution < -0.4 is 10.6 Å². The molecule has 2 aromatic carbocycles. The largest absolute Gasteiger partial charge is 0.357 e. The first-order chi connectivity index (χ1) is 14.7. The van der Waals surface area contributed by atoms with Gasteiger partial charge in [-0.25, -0.2) is 4.98 Å². The minimum Gasteiger partial charge on any atom is -0.357 e. The number of hydrogen-bond donors (Lipinski definition) is 2. The molecular formula is C25H33N5. The Balaban J connectivity index is 1.54. The molecule has 158 valence electrons. The third kappa shape index (κ3) is 6.48. The Kier molecular flexibility index (Phi) is 8.07. The Morgan fingerprint density at radius 1 is 1.10 bits per heavy atom.